The summed E-state index contributed by atoms with van der Waals surface area (Å²) in [5.41, 5.74) is 0. The van der Waals surface area contributed by atoms with E-state index in [1.807, 2.05) is 11.8 Å². The predicted molar refractivity (Wildman–Crippen MR) is 53.6 cm³/mol. The molecule has 1 heterocycles. The van der Waals surface area contributed by atoms with Crippen LogP contribution in [0.4, 0.5) is 13.2 Å². The van der Waals surface area contributed by atoms with E-state index in [-0.39, 0.29) is 6.42 Å². The van der Waals surface area contributed by atoms with Crippen LogP contribution in [0.15, 0.2) is 0 Å². The van der Waals surface area contributed by atoms with Crippen LogP contribution in [0.5, 0.6) is 0 Å². The number of thioether (sulfide) groups is 1. The maximum Gasteiger partial charge on any atom is 0.389 e. The van der Waals surface area contributed by atoms with Crippen LogP contribution in [-0.2, 0) is 0 Å². The Kier molecular flexibility index (Phi) is 5.09. The molecule has 0 aromatic carbocycles. The predicted octanol–water partition coefficient (Wildman–Crippen LogP) is 2.81. The van der Waals surface area contributed by atoms with Gasteiger partial charge in [-0.1, -0.05) is 0 Å². The lowest BCUT2D eigenvalue weighted by molar-refractivity contribution is -0.135. The zero-order chi connectivity index (χ0) is 10.4. The van der Waals surface area contributed by atoms with Crippen molar-refractivity contribution in [2.24, 2.45) is 0 Å². The zero-order valence-electron chi connectivity index (χ0n) is 8.07. The van der Waals surface area contributed by atoms with Crippen molar-refractivity contribution in [1.29, 1.82) is 0 Å². The molecule has 0 bridgehead atoms. The summed E-state index contributed by atoms with van der Waals surface area (Å²) in [5.74, 6) is 1.20. The van der Waals surface area contributed by atoms with Crippen LogP contribution in [0.3, 0.4) is 0 Å². The first-order chi connectivity index (χ1) is 6.58. The van der Waals surface area contributed by atoms with Crippen LogP contribution in [0.1, 0.15) is 25.7 Å². The molecular weight excluding hydrogens is 211 g/mol. The summed E-state index contributed by atoms with van der Waals surface area (Å²) < 4.78 is 35.3. The Bertz CT molecular complexity index is 155. The quantitative estimate of drug-likeness (QED) is 0.725. The maximum absolute atomic E-state index is 11.8. The summed E-state index contributed by atoms with van der Waals surface area (Å²) in [6, 6.07) is 0. The van der Waals surface area contributed by atoms with Gasteiger partial charge >= 0.3 is 6.18 Å². The third-order valence-electron chi connectivity index (χ3n) is 2.21. The van der Waals surface area contributed by atoms with E-state index in [2.05, 4.69) is 5.32 Å². The molecule has 1 saturated heterocycles. The molecule has 0 aromatic rings. The molecule has 0 aliphatic carbocycles. The fourth-order valence-corrected chi connectivity index (χ4v) is 2.72. The van der Waals surface area contributed by atoms with Crippen molar-refractivity contribution in [1.82, 2.24) is 5.32 Å². The van der Waals surface area contributed by atoms with Gasteiger partial charge < -0.3 is 5.32 Å². The minimum Gasteiger partial charge on any atom is -0.316 e. The fraction of sp³-hybridized carbons (Fsp3) is 1.00. The smallest absolute Gasteiger partial charge is 0.316 e. The van der Waals surface area contributed by atoms with E-state index >= 15 is 0 Å². The van der Waals surface area contributed by atoms with Gasteiger partial charge in [0, 0.05) is 18.2 Å². The lowest BCUT2D eigenvalue weighted by atomic mass is 10.2. The number of nitrogens with one attached hydrogen (secondary N) is 1. The number of alkyl halides is 3. The normalized spacial score (nSPS) is 22.9. The summed E-state index contributed by atoms with van der Waals surface area (Å²) in [5, 5.41) is 3.70. The van der Waals surface area contributed by atoms with Crippen LogP contribution in [0.25, 0.3) is 0 Å². The number of rotatable bonds is 5. The first kappa shape index (κ1) is 12.2. The molecule has 1 fully saturated rings. The summed E-state index contributed by atoms with van der Waals surface area (Å²) in [4.78, 5) is 0. The average Bonchev–Trinajstić information content (AvgIpc) is 2.54. The van der Waals surface area contributed by atoms with Crippen LogP contribution in [0, 0.1) is 0 Å². The summed E-state index contributed by atoms with van der Waals surface area (Å²) >= 11 is 1.92. The van der Waals surface area contributed by atoms with Crippen molar-refractivity contribution in [2.45, 2.75) is 37.1 Å². The minimum atomic E-state index is -4.00. The van der Waals surface area contributed by atoms with Crippen molar-refractivity contribution in [3.63, 3.8) is 0 Å². The lowest BCUT2D eigenvalue weighted by Crippen LogP contribution is -2.25. The molecule has 14 heavy (non-hydrogen) atoms. The van der Waals surface area contributed by atoms with E-state index in [4.69, 9.17) is 0 Å². The standard InChI is InChI=1S/C9H16F3NS/c10-9(11,12)4-2-5-13-7-8-3-1-6-14-8/h8,13H,1-7H2. The van der Waals surface area contributed by atoms with Gasteiger partial charge in [-0.15, -0.1) is 0 Å². The van der Waals surface area contributed by atoms with E-state index in [9.17, 15) is 13.2 Å². The molecule has 1 aliphatic heterocycles. The molecule has 0 radical (unpaired) electrons. The van der Waals surface area contributed by atoms with E-state index < -0.39 is 12.6 Å². The van der Waals surface area contributed by atoms with Gasteiger partial charge in [-0.3, -0.25) is 0 Å². The number of halogens is 3. The monoisotopic (exact) mass is 227 g/mol. The highest BCUT2D eigenvalue weighted by Crippen LogP contribution is 2.25. The first-order valence-corrected chi connectivity index (χ1v) is 6.02. The van der Waals surface area contributed by atoms with Gasteiger partial charge in [0.25, 0.3) is 0 Å². The highest BCUT2D eigenvalue weighted by molar-refractivity contribution is 8.00. The maximum atomic E-state index is 11.8. The van der Waals surface area contributed by atoms with Gasteiger partial charge in [-0.05, 0) is 31.6 Å². The molecule has 1 atom stereocenters. The van der Waals surface area contributed by atoms with Gasteiger partial charge in [0.05, 0.1) is 0 Å². The summed E-state index contributed by atoms with van der Waals surface area (Å²) in [6.45, 7) is 1.35. The Morgan fingerprint density at radius 1 is 1.36 bits per heavy atom. The second kappa shape index (κ2) is 5.85. The minimum absolute atomic E-state index is 0.195. The second-order valence-electron chi connectivity index (χ2n) is 3.56. The molecule has 0 saturated carbocycles. The molecule has 5 heteroatoms. The van der Waals surface area contributed by atoms with Crippen molar-refractivity contribution >= 4 is 11.8 Å². The molecule has 1 nitrogen and oxygen atoms in total. The van der Waals surface area contributed by atoms with E-state index in [0.717, 1.165) is 6.54 Å². The van der Waals surface area contributed by atoms with Gasteiger partial charge in [-0.25, -0.2) is 0 Å². The summed E-state index contributed by atoms with van der Waals surface area (Å²) in [6.07, 6.45) is -2.01. The Morgan fingerprint density at radius 2 is 2.14 bits per heavy atom. The third-order valence-corrected chi connectivity index (χ3v) is 3.61. The summed E-state index contributed by atoms with van der Waals surface area (Å²) in [7, 11) is 0. The van der Waals surface area contributed by atoms with Crippen molar-refractivity contribution < 1.29 is 13.2 Å². The topological polar surface area (TPSA) is 12.0 Å². The number of hydrogen-bond acceptors (Lipinski definition) is 2. The third kappa shape index (κ3) is 5.75. The Morgan fingerprint density at radius 3 is 2.71 bits per heavy atom. The molecule has 1 rings (SSSR count). The Hall–Kier alpha value is 0.100. The first-order valence-electron chi connectivity index (χ1n) is 4.97. The molecule has 0 aromatic heterocycles. The van der Waals surface area contributed by atoms with Crippen LogP contribution < -0.4 is 5.32 Å². The van der Waals surface area contributed by atoms with Gasteiger partial charge in [0.2, 0.25) is 0 Å². The molecular formula is C9H16F3NS. The van der Waals surface area contributed by atoms with Crippen LogP contribution in [0.2, 0.25) is 0 Å². The van der Waals surface area contributed by atoms with Gasteiger partial charge in [0.1, 0.15) is 0 Å². The average molecular weight is 227 g/mol. The molecule has 1 aliphatic rings. The molecule has 0 amide bonds. The second-order valence-corrected chi connectivity index (χ2v) is 4.97. The SMILES string of the molecule is FC(F)(F)CCCNCC1CCCS1. The Labute approximate surface area is 86.8 Å². The van der Waals surface area contributed by atoms with Crippen molar-refractivity contribution in [3.8, 4) is 0 Å². The highest BCUT2D eigenvalue weighted by atomic mass is 32.2. The molecule has 0 spiro atoms. The van der Waals surface area contributed by atoms with Crippen molar-refractivity contribution in [3.05, 3.63) is 0 Å². The van der Waals surface area contributed by atoms with E-state index in [0.29, 0.717) is 11.8 Å². The van der Waals surface area contributed by atoms with Crippen LogP contribution >= 0.6 is 11.8 Å². The van der Waals surface area contributed by atoms with Gasteiger partial charge in [-0.2, -0.15) is 24.9 Å². The lowest BCUT2D eigenvalue weighted by Gasteiger charge is -2.10. The van der Waals surface area contributed by atoms with E-state index in [1.165, 1.54) is 18.6 Å². The molecule has 84 valence electrons. The zero-order valence-corrected chi connectivity index (χ0v) is 8.89. The van der Waals surface area contributed by atoms with Crippen molar-refractivity contribution in [2.75, 3.05) is 18.8 Å². The highest BCUT2D eigenvalue weighted by Gasteiger charge is 2.25. The molecule has 1 N–H and O–H groups in total. The van der Waals surface area contributed by atoms with Crippen LogP contribution in [-0.4, -0.2) is 30.3 Å². The Balaban J connectivity index is 1.89. The van der Waals surface area contributed by atoms with E-state index in [1.54, 1.807) is 0 Å². The molecule has 1 unspecified atom stereocenters. The largest absolute Gasteiger partial charge is 0.389 e. The number of hydrogen-bond donors (Lipinski definition) is 1. The fourth-order valence-electron chi connectivity index (χ4n) is 1.48. The van der Waals surface area contributed by atoms with Gasteiger partial charge in [0.15, 0.2) is 0 Å².